The van der Waals surface area contributed by atoms with Crippen LogP contribution < -0.4 is 5.32 Å². The number of hydrogen-bond donors (Lipinski definition) is 2. The summed E-state index contributed by atoms with van der Waals surface area (Å²) in [6, 6.07) is 0.121. The molecule has 0 saturated heterocycles. The van der Waals surface area contributed by atoms with Crippen molar-refractivity contribution < 1.29 is 14.7 Å². The minimum atomic E-state index is -0.771. The lowest BCUT2D eigenvalue weighted by Gasteiger charge is -2.29. The summed E-state index contributed by atoms with van der Waals surface area (Å²) in [5.41, 5.74) is -0.0755. The maximum Gasteiger partial charge on any atom is 0.317 e. The van der Waals surface area contributed by atoms with Gasteiger partial charge < -0.3 is 15.3 Å². The van der Waals surface area contributed by atoms with E-state index in [0.29, 0.717) is 18.9 Å². The molecule has 0 aliphatic rings. The average Bonchev–Trinajstić information content (AvgIpc) is 2.34. The Kier molecular flexibility index (Phi) is 7.61. The molecule has 0 bridgehead atoms. The van der Waals surface area contributed by atoms with Crippen LogP contribution in [-0.4, -0.2) is 41.6 Å². The molecule has 0 fully saturated rings. The highest BCUT2D eigenvalue weighted by molar-refractivity contribution is 5.74. The molecule has 0 saturated carbocycles. The summed E-state index contributed by atoms with van der Waals surface area (Å²) in [6.45, 7) is 10.8. The van der Waals surface area contributed by atoms with Crippen LogP contribution in [0.1, 0.15) is 53.9 Å². The number of urea groups is 1. The first-order valence-electron chi connectivity index (χ1n) is 7.29. The van der Waals surface area contributed by atoms with Gasteiger partial charge in [-0.1, -0.05) is 27.7 Å². The van der Waals surface area contributed by atoms with Crippen molar-refractivity contribution in [1.29, 1.82) is 0 Å². The molecule has 0 aromatic carbocycles. The van der Waals surface area contributed by atoms with Gasteiger partial charge in [-0.25, -0.2) is 4.79 Å². The van der Waals surface area contributed by atoms with Crippen molar-refractivity contribution in [3.8, 4) is 0 Å². The number of rotatable bonds is 8. The van der Waals surface area contributed by atoms with Gasteiger partial charge in [0.05, 0.1) is 0 Å². The fourth-order valence-electron chi connectivity index (χ4n) is 1.84. The Morgan fingerprint density at radius 3 is 2.20 bits per heavy atom. The smallest absolute Gasteiger partial charge is 0.317 e. The van der Waals surface area contributed by atoms with Crippen molar-refractivity contribution in [3.63, 3.8) is 0 Å². The van der Waals surface area contributed by atoms with Gasteiger partial charge in [0.2, 0.25) is 0 Å². The molecule has 1 atom stereocenters. The lowest BCUT2D eigenvalue weighted by atomic mass is 9.84. The van der Waals surface area contributed by atoms with Crippen LogP contribution in [0, 0.1) is 11.3 Å². The fraction of sp³-hybridized carbons (Fsp3) is 0.867. The Balaban J connectivity index is 4.10. The second kappa shape index (κ2) is 8.12. The number of carboxylic acid groups (broad SMARTS) is 1. The number of carbonyl (C=O) groups excluding carboxylic acids is 1. The highest BCUT2D eigenvalue weighted by atomic mass is 16.4. The zero-order valence-electron chi connectivity index (χ0n) is 13.7. The Morgan fingerprint density at radius 1 is 1.20 bits per heavy atom. The number of carbonyl (C=O) groups is 2. The Hall–Kier alpha value is -1.26. The zero-order chi connectivity index (χ0) is 15.9. The van der Waals surface area contributed by atoms with Crippen LogP contribution in [0.3, 0.4) is 0 Å². The van der Waals surface area contributed by atoms with E-state index in [2.05, 4.69) is 19.2 Å². The van der Waals surface area contributed by atoms with Crippen LogP contribution in [0.4, 0.5) is 4.79 Å². The van der Waals surface area contributed by atoms with E-state index < -0.39 is 5.97 Å². The topological polar surface area (TPSA) is 69.6 Å². The van der Waals surface area contributed by atoms with E-state index in [1.807, 2.05) is 20.8 Å². The number of aliphatic carboxylic acids is 1. The first-order chi connectivity index (χ1) is 9.07. The largest absolute Gasteiger partial charge is 0.481 e. The molecule has 0 rings (SSSR count). The summed E-state index contributed by atoms with van der Waals surface area (Å²) in [7, 11) is 1.80. The van der Waals surface area contributed by atoms with Crippen molar-refractivity contribution in [1.82, 2.24) is 10.2 Å². The first-order valence-corrected chi connectivity index (χ1v) is 7.29. The van der Waals surface area contributed by atoms with Gasteiger partial charge in [0.15, 0.2) is 0 Å². The van der Waals surface area contributed by atoms with Gasteiger partial charge in [-0.3, -0.25) is 4.79 Å². The summed E-state index contributed by atoms with van der Waals surface area (Å²) in [6.07, 6.45) is 1.57. The van der Waals surface area contributed by atoms with E-state index in [1.165, 1.54) is 0 Å². The first kappa shape index (κ1) is 18.7. The molecule has 0 aliphatic carbocycles. The lowest BCUT2D eigenvalue weighted by Crippen LogP contribution is -2.45. The Morgan fingerprint density at radius 2 is 1.75 bits per heavy atom. The summed E-state index contributed by atoms with van der Waals surface area (Å²) in [5, 5.41) is 11.6. The van der Waals surface area contributed by atoms with Gasteiger partial charge in [0.1, 0.15) is 0 Å². The standard InChI is InChI=1S/C15H30N2O3/c1-11(2)12(3)17(6)14(20)16-10-9-15(4,5)8-7-13(18)19/h11-12H,7-10H2,1-6H3,(H,16,20)(H,18,19). The van der Waals surface area contributed by atoms with E-state index in [1.54, 1.807) is 11.9 Å². The van der Waals surface area contributed by atoms with Gasteiger partial charge in [-0.15, -0.1) is 0 Å². The average molecular weight is 286 g/mol. The molecule has 0 aliphatic heterocycles. The summed E-state index contributed by atoms with van der Waals surface area (Å²) >= 11 is 0. The number of hydrogen-bond acceptors (Lipinski definition) is 2. The molecule has 5 nitrogen and oxygen atoms in total. The van der Waals surface area contributed by atoms with Crippen LogP contribution in [0.5, 0.6) is 0 Å². The molecule has 2 amide bonds. The summed E-state index contributed by atoms with van der Waals surface area (Å²) in [5.74, 6) is -0.356. The quantitative estimate of drug-likeness (QED) is 0.720. The number of amides is 2. The summed E-state index contributed by atoms with van der Waals surface area (Å²) < 4.78 is 0. The number of nitrogens with one attached hydrogen (secondary N) is 1. The van der Waals surface area contributed by atoms with Gasteiger partial charge >= 0.3 is 12.0 Å². The molecule has 0 aromatic heterocycles. The fourth-order valence-corrected chi connectivity index (χ4v) is 1.84. The van der Waals surface area contributed by atoms with Crippen molar-refractivity contribution in [3.05, 3.63) is 0 Å². The molecule has 0 radical (unpaired) electrons. The Labute approximate surface area is 122 Å². The van der Waals surface area contributed by atoms with E-state index in [4.69, 9.17) is 5.11 Å². The molecule has 5 heteroatoms. The van der Waals surface area contributed by atoms with E-state index in [9.17, 15) is 9.59 Å². The predicted molar refractivity (Wildman–Crippen MR) is 80.7 cm³/mol. The third-order valence-electron chi connectivity index (χ3n) is 3.99. The normalized spacial score (nSPS) is 13.2. The van der Waals surface area contributed by atoms with Crippen molar-refractivity contribution in [2.24, 2.45) is 11.3 Å². The molecule has 1 unspecified atom stereocenters. The van der Waals surface area contributed by atoms with Crippen molar-refractivity contribution in [2.75, 3.05) is 13.6 Å². The Bertz CT molecular complexity index is 327. The molecule has 118 valence electrons. The van der Waals surface area contributed by atoms with E-state index in [0.717, 1.165) is 6.42 Å². The minimum absolute atomic E-state index is 0.0692. The maximum absolute atomic E-state index is 12.0. The van der Waals surface area contributed by atoms with Crippen LogP contribution in [0.2, 0.25) is 0 Å². The van der Waals surface area contributed by atoms with Crippen molar-refractivity contribution >= 4 is 12.0 Å². The molecule has 0 aromatic rings. The molecular formula is C15H30N2O3. The van der Waals surface area contributed by atoms with Crippen LogP contribution in [-0.2, 0) is 4.79 Å². The highest BCUT2D eigenvalue weighted by Gasteiger charge is 2.21. The monoisotopic (exact) mass is 286 g/mol. The maximum atomic E-state index is 12.0. The van der Waals surface area contributed by atoms with Gasteiger partial charge in [-0.2, -0.15) is 0 Å². The minimum Gasteiger partial charge on any atom is -0.481 e. The van der Waals surface area contributed by atoms with E-state index >= 15 is 0 Å². The van der Waals surface area contributed by atoms with Crippen LogP contribution in [0.15, 0.2) is 0 Å². The van der Waals surface area contributed by atoms with Crippen LogP contribution in [0.25, 0.3) is 0 Å². The van der Waals surface area contributed by atoms with Gasteiger partial charge in [0, 0.05) is 26.1 Å². The van der Waals surface area contributed by atoms with E-state index in [-0.39, 0.29) is 23.9 Å². The second-order valence-electron chi connectivity index (χ2n) is 6.64. The molecule has 0 heterocycles. The van der Waals surface area contributed by atoms with Gasteiger partial charge in [0.25, 0.3) is 0 Å². The predicted octanol–water partition coefficient (Wildman–Crippen LogP) is 2.95. The number of nitrogens with zero attached hydrogens (tertiary/aromatic N) is 1. The molecule has 20 heavy (non-hydrogen) atoms. The third kappa shape index (κ3) is 7.36. The summed E-state index contributed by atoms with van der Waals surface area (Å²) in [4.78, 5) is 24.3. The molecule has 2 N–H and O–H groups in total. The number of carboxylic acids is 1. The third-order valence-corrected chi connectivity index (χ3v) is 3.99. The lowest BCUT2D eigenvalue weighted by molar-refractivity contribution is -0.137. The van der Waals surface area contributed by atoms with Gasteiger partial charge in [-0.05, 0) is 31.1 Å². The molecular weight excluding hydrogens is 256 g/mol. The van der Waals surface area contributed by atoms with Crippen molar-refractivity contribution in [2.45, 2.75) is 59.9 Å². The molecule has 0 spiro atoms. The van der Waals surface area contributed by atoms with Crippen LogP contribution >= 0.6 is 0 Å². The zero-order valence-corrected chi connectivity index (χ0v) is 13.7. The SMILES string of the molecule is CC(C)C(C)N(C)C(=O)NCCC(C)(C)CCC(=O)O. The second-order valence-corrected chi connectivity index (χ2v) is 6.64. The highest BCUT2D eigenvalue weighted by Crippen LogP contribution is 2.26.